The van der Waals surface area contributed by atoms with Crippen LogP contribution in [0.5, 0.6) is 11.5 Å². The van der Waals surface area contributed by atoms with E-state index in [1.807, 2.05) is 30.3 Å². The van der Waals surface area contributed by atoms with Gasteiger partial charge in [-0.15, -0.1) is 0 Å². The predicted molar refractivity (Wildman–Crippen MR) is 109 cm³/mol. The van der Waals surface area contributed by atoms with E-state index in [1.165, 1.54) is 0 Å². The Morgan fingerprint density at radius 3 is 2.43 bits per heavy atom. The van der Waals surface area contributed by atoms with Crippen LogP contribution in [0.2, 0.25) is 0 Å². The number of pyridine rings is 1. The minimum absolute atomic E-state index is 0.148. The van der Waals surface area contributed by atoms with Gasteiger partial charge in [-0.2, -0.15) is 0 Å². The van der Waals surface area contributed by atoms with Crippen molar-refractivity contribution >= 4 is 11.7 Å². The number of methoxy groups -OCH3 is 2. The summed E-state index contributed by atoms with van der Waals surface area (Å²) < 4.78 is 10.5. The molecule has 0 atom stereocenters. The van der Waals surface area contributed by atoms with Crippen molar-refractivity contribution in [2.24, 2.45) is 0 Å². The van der Waals surface area contributed by atoms with Crippen molar-refractivity contribution in [2.45, 2.75) is 13.5 Å². The molecule has 1 N–H and O–H groups in total. The monoisotopic (exact) mass is 384 g/mol. The Balaban J connectivity index is 1.56. The lowest BCUT2D eigenvalue weighted by molar-refractivity contribution is 0.0950. The fraction of sp³-hybridized carbons (Fsp3) is 0.429. The average Bonchev–Trinajstić information content (AvgIpc) is 2.77. The molecule has 0 saturated carbocycles. The molecule has 2 aromatic rings. The van der Waals surface area contributed by atoms with Gasteiger partial charge in [-0.05, 0) is 36.4 Å². The van der Waals surface area contributed by atoms with Crippen LogP contribution < -0.4 is 19.7 Å². The van der Waals surface area contributed by atoms with Crippen LogP contribution in [0.4, 0.5) is 5.82 Å². The number of piperazine rings is 1. The van der Waals surface area contributed by atoms with E-state index in [4.69, 9.17) is 9.47 Å². The van der Waals surface area contributed by atoms with E-state index in [0.29, 0.717) is 23.6 Å². The number of hydrogen-bond donors (Lipinski definition) is 1. The van der Waals surface area contributed by atoms with Gasteiger partial charge in [-0.25, -0.2) is 4.98 Å². The molecule has 1 saturated heterocycles. The highest BCUT2D eigenvalue weighted by Crippen LogP contribution is 2.27. The van der Waals surface area contributed by atoms with Crippen molar-refractivity contribution in [3.8, 4) is 11.5 Å². The molecule has 3 rings (SSSR count). The number of likely N-dealkylation sites (N-methyl/N-ethyl adjacent to an activating group) is 1. The summed E-state index contributed by atoms with van der Waals surface area (Å²) in [6, 6.07) is 9.34. The zero-order valence-corrected chi connectivity index (χ0v) is 16.8. The van der Waals surface area contributed by atoms with Gasteiger partial charge in [0.2, 0.25) is 0 Å². The number of rotatable bonds is 7. The van der Waals surface area contributed by atoms with Crippen LogP contribution in [0.25, 0.3) is 0 Å². The summed E-state index contributed by atoms with van der Waals surface area (Å²) >= 11 is 0. The van der Waals surface area contributed by atoms with E-state index >= 15 is 0 Å². The Morgan fingerprint density at radius 1 is 1.07 bits per heavy atom. The second kappa shape index (κ2) is 9.41. The first kappa shape index (κ1) is 19.9. The van der Waals surface area contributed by atoms with Gasteiger partial charge < -0.3 is 24.6 Å². The molecule has 1 amide bonds. The Bertz CT molecular complexity index is 787. The van der Waals surface area contributed by atoms with E-state index < -0.39 is 0 Å². The molecule has 2 heterocycles. The van der Waals surface area contributed by atoms with Crippen LogP contribution in [-0.4, -0.2) is 62.7 Å². The van der Waals surface area contributed by atoms with Gasteiger partial charge in [-0.1, -0.05) is 13.0 Å². The normalized spacial score (nSPS) is 14.6. The van der Waals surface area contributed by atoms with Crippen LogP contribution in [0, 0.1) is 0 Å². The molecule has 0 spiro atoms. The van der Waals surface area contributed by atoms with E-state index in [2.05, 4.69) is 27.0 Å². The first-order valence-electron chi connectivity index (χ1n) is 9.57. The molecule has 7 heteroatoms. The van der Waals surface area contributed by atoms with Gasteiger partial charge in [-0.3, -0.25) is 4.79 Å². The first-order valence-corrected chi connectivity index (χ1v) is 9.57. The minimum atomic E-state index is -0.148. The van der Waals surface area contributed by atoms with Gasteiger partial charge in [0.15, 0.2) is 11.5 Å². The molecular formula is C21H28N4O3. The molecule has 7 nitrogen and oxygen atoms in total. The summed E-state index contributed by atoms with van der Waals surface area (Å²) in [5, 5.41) is 2.92. The zero-order chi connectivity index (χ0) is 19.9. The topological polar surface area (TPSA) is 66.9 Å². The SMILES string of the molecule is CCN1CCN(c2ccc(C(=O)NCc3ccc(OC)c(OC)c3)cn2)CC1. The highest BCUT2D eigenvalue weighted by molar-refractivity contribution is 5.94. The summed E-state index contributed by atoms with van der Waals surface area (Å²) in [5.41, 5.74) is 1.49. The van der Waals surface area contributed by atoms with Crippen molar-refractivity contribution in [3.63, 3.8) is 0 Å². The van der Waals surface area contributed by atoms with Crippen molar-refractivity contribution < 1.29 is 14.3 Å². The van der Waals surface area contributed by atoms with Crippen molar-refractivity contribution in [3.05, 3.63) is 47.7 Å². The highest BCUT2D eigenvalue weighted by atomic mass is 16.5. The van der Waals surface area contributed by atoms with Gasteiger partial charge in [0.25, 0.3) is 5.91 Å². The molecule has 0 bridgehead atoms. The quantitative estimate of drug-likeness (QED) is 0.789. The van der Waals surface area contributed by atoms with Crippen molar-refractivity contribution in [2.75, 3.05) is 51.8 Å². The second-order valence-corrected chi connectivity index (χ2v) is 6.70. The molecule has 1 aliphatic heterocycles. The van der Waals surface area contributed by atoms with Crippen LogP contribution in [0.3, 0.4) is 0 Å². The first-order chi connectivity index (χ1) is 13.6. The lowest BCUT2D eigenvalue weighted by Gasteiger charge is -2.34. The zero-order valence-electron chi connectivity index (χ0n) is 16.8. The summed E-state index contributed by atoms with van der Waals surface area (Å²) in [5.74, 6) is 2.08. The number of anilines is 1. The van der Waals surface area contributed by atoms with Crippen molar-refractivity contribution in [1.82, 2.24) is 15.2 Å². The molecule has 0 aliphatic carbocycles. The number of benzene rings is 1. The third kappa shape index (κ3) is 4.72. The summed E-state index contributed by atoms with van der Waals surface area (Å²) in [6.07, 6.45) is 1.64. The maximum atomic E-state index is 12.4. The lowest BCUT2D eigenvalue weighted by Crippen LogP contribution is -2.46. The highest BCUT2D eigenvalue weighted by Gasteiger charge is 2.17. The van der Waals surface area contributed by atoms with Crippen LogP contribution in [-0.2, 0) is 6.54 Å². The number of nitrogens with one attached hydrogen (secondary N) is 1. The number of carbonyl (C=O) groups excluding carboxylic acids is 1. The van der Waals surface area contributed by atoms with E-state index in [-0.39, 0.29) is 5.91 Å². The number of nitrogens with zero attached hydrogens (tertiary/aromatic N) is 3. The van der Waals surface area contributed by atoms with Gasteiger partial charge >= 0.3 is 0 Å². The molecule has 1 fully saturated rings. The number of carbonyl (C=O) groups is 1. The Morgan fingerprint density at radius 2 is 1.82 bits per heavy atom. The summed E-state index contributed by atoms with van der Waals surface area (Å²) in [7, 11) is 3.19. The third-order valence-electron chi connectivity index (χ3n) is 5.05. The third-order valence-corrected chi connectivity index (χ3v) is 5.05. The number of ether oxygens (including phenoxy) is 2. The van der Waals surface area contributed by atoms with Gasteiger partial charge in [0.05, 0.1) is 19.8 Å². The smallest absolute Gasteiger partial charge is 0.253 e. The average molecular weight is 384 g/mol. The standard InChI is InChI=1S/C21H28N4O3/c1-4-24-9-11-25(12-10-24)20-8-6-17(15-22-20)21(26)23-14-16-5-7-18(27-2)19(13-16)28-3/h5-8,13,15H,4,9-12,14H2,1-3H3,(H,23,26). The Hall–Kier alpha value is -2.80. The largest absolute Gasteiger partial charge is 0.493 e. The molecule has 0 radical (unpaired) electrons. The molecule has 0 unspecified atom stereocenters. The Kier molecular flexibility index (Phi) is 6.71. The molecule has 28 heavy (non-hydrogen) atoms. The number of aromatic nitrogens is 1. The number of amides is 1. The molecule has 1 aromatic carbocycles. The fourth-order valence-electron chi connectivity index (χ4n) is 3.28. The van der Waals surface area contributed by atoms with E-state index in [9.17, 15) is 4.79 Å². The van der Waals surface area contributed by atoms with E-state index in [1.54, 1.807) is 20.4 Å². The Labute approximate surface area is 166 Å². The second-order valence-electron chi connectivity index (χ2n) is 6.70. The molecular weight excluding hydrogens is 356 g/mol. The maximum absolute atomic E-state index is 12.4. The van der Waals surface area contributed by atoms with Gasteiger partial charge in [0.1, 0.15) is 5.82 Å². The van der Waals surface area contributed by atoms with Crippen LogP contribution >= 0.6 is 0 Å². The molecule has 1 aromatic heterocycles. The number of hydrogen-bond acceptors (Lipinski definition) is 6. The molecule has 1 aliphatic rings. The fourth-order valence-corrected chi connectivity index (χ4v) is 3.28. The predicted octanol–water partition coefficient (Wildman–Crippen LogP) is 2.17. The van der Waals surface area contributed by atoms with Crippen LogP contribution in [0.15, 0.2) is 36.5 Å². The summed E-state index contributed by atoms with van der Waals surface area (Å²) in [6.45, 7) is 7.69. The maximum Gasteiger partial charge on any atom is 0.253 e. The minimum Gasteiger partial charge on any atom is -0.493 e. The molecule has 150 valence electrons. The lowest BCUT2D eigenvalue weighted by atomic mass is 10.2. The van der Waals surface area contributed by atoms with Gasteiger partial charge in [0, 0.05) is 38.9 Å². The van der Waals surface area contributed by atoms with E-state index in [0.717, 1.165) is 44.1 Å². The summed E-state index contributed by atoms with van der Waals surface area (Å²) in [4.78, 5) is 21.6. The van der Waals surface area contributed by atoms with Crippen molar-refractivity contribution in [1.29, 1.82) is 0 Å². The van der Waals surface area contributed by atoms with Crippen LogP contribution in [0.1, 0.15) is 22.8 Å².